The normalized spacial score (nSPS) is 24.9. The number of amides is 2. The van der Waals surface area contributed by atoms with Crippen molar-refractivity contribution in [3.63, 3.8) is 0 Å². The first-order chi connectivity index (χ1) is 11.8. The first-order valence-electron chi connectivity index (χ1n) is 8.00. The Morgan fingerprint density at radius 3 is 1.52 bits per heavy atom. The monoisotopic (exact) mass is 576 g/mol. The summed E-state index contributed by atoms with van der Waals surface area (Å²) in [4.78, 5) is 52.3. The van der Waals surface area contributed by atoms with Crippen LogP contribution in [0.5, 0.6) is 0 Å². The Morgan fingerprint density at radius 1 is 0.815 bits per heavy atom. The number of carbonyl (C=O) groups excluding carboxylic acids is 4. The van der Waals surface area contributed by atoms with E-state index < -0.39 is 55.0 Å². The molecule has 1 heterocycles. The average molecular weight is 579 g/mol. The number of carbonyl (C=O) groups is 4. The highest BCUT2D eigenvalue weighted by Crippen LogP contribution is 2.33. The third-order valence-electron chi connectivity index (χ3n) is 3.88. The zero-order valence-corrected chi connectivity index (χ0v) is 20.5. The van der Waals surface area contributed by atoms with Crippen LogP contribution in [0.2, 0.25) is 0 Å². The predicted octanol–water partition coefficient (Wildman–Crippen LogP) is 1.28. The van der Waals surface area contributed by atoms with Gasteiger partial charge in [0.05, 0.1) is 13.0 Å². The number of ketones is 2. The first kappa shape index (κ1) is 24.7. The third kappa shape index (κ3) is 4.98. The number of aliphatic hydroxyl groups is 2. The smallest absolute Gasteiger partial charge is 0.244 e. The molecule has 11 heteroatoms. The Labute approximate surface area is 183 Å². The van der Waals surface area contributed by atoms with Crippen LogP contribution in [0, 0.1) is 0 Å². The van der Waals surface area contributed by atoms with E-state index in [9.17, 15) is 29.4 Å². The van der Waals surface area contributed by atoms with Crippen LogP contribution in [0.3, 0.4) is 0 Å². The molecule has 0 aromatic carbocycles. The average Bonchev–Trinajstić information content (AvgIpc) is 2.46. The van der Waals surface area contributed by atoms with Crippen molar-refractivity contribution in [2.24, 2.45) is 0 Å². The first-order valence-corrected chi connectivity index (χ1v) is 10.4. The van der Waals surface area contributed by atoms with Gasteiger partial charge in [-0.2, -0.15) is 0 Å². The van der Waals surface area contributed by atoms with Gasteiger partial charge in [-0.15, -0.1) is 0 Å². The summed E-state index contributed by atoms with van der Waals surface area (Å²) < 4.78 is -3.70. The zero-order chi connectivity index (χ0) is 21.7. The number of aliphatic hydroxyl groups excluding tert-OH is 2. The van der Waals surface area contributed by atoms with Crippen LogP contribution >= 0.6 is 47.8 Å². The lowest BCUT2D eigenvalue weighted by Crippen LogP contribution is -2.74. The number of Topliss-reactive ketones (excluding diaryl/α,β-unsaturated/α-hetero) is 2. The molecule has 0 saturated carbocycles. The van der Waals surface area contributed by atoms with Gasteiger partial charge in [0, 0.05) is 0 Å². The topological polar surface area (TPSA) is 115 Å². The fourth-order valence-electron chi connectivity index (χ4n) is 2.44. The van der Waals surface area contributed by atoms with Crippen molar-refractivity contribution in [1.29, 1.82) is 0 Å². The quantitative estimate of drug-likeness (QED) is 0.384. The Kier molecular flexibility index (Phi) is 7.14. The van der Waals surface area contributed by atoms with Crippen molar-refractivity contribution < 1.29 is 29.4 Å². The van der Waals surface area contributed by atoms with Gasteiger partial charge in [-0.3, -0.25) is 29.0 Å². The number of alkyl halides is 3. The SMILES string of the molecule is CC(C)(Br)C(=O)C1C(=O)C(O)N(C(=O)C(C)(C)Br)C(O)N1C(=O)C(C)(C)Br. The second kappa shape index (κ2) is 7.81. The third-order valence-corrected chi connectivity index (χ3v) is 4.95. The van der Waals surface area contributed by atoms with Gasteiger partial charge in [0.25, 0.3) is 0 Å². The highest BCUT2D eigenvalue weighted by Gasteiger charge is 2.57. The lowest BCUT2D eigenvalue weighted by molar-refractivity contribution is -0.218. The second-order valence-corrected chi connectivity index (χ2v) is 13.7. The van der Waals surface area contributed by atoms with Crippen LogP contribution in [0.1, 0.15) is 41.5 Å². The molecule has 0 bridgehead atoms. The predicted molar refractivity (Wildman–Crippen MR) is 109 cm³/mol. The molecule has 3 atom stereocenters. The molecule has 0 radical (unpaired) electrons. The molecule has 1 rings (SSSR count). The molecule has 1 fully saturated rings. The molecule has 0 spiro atoms. The molecule has 0 aliphatic carbocycles. The van der Waals surface area contributed by atoms with Gasteiger partial charge in [0.2, 0.25) is 23.9 Å². The molecular weight excluding hydrogens is 556 g/mol. The van der Waals surface area contributed by atoms with Crippen molar-refractivity contribution in [3.8, 4) is 0 Å². The number of halogens is 3. The van der Waals surface area contributed by atoms with Crippen molar-refractivity contribution >= 4 is 71.2 Å². The van der Waals surface area contributed by atoms with Gasteiger partial charge in [0.15, 0.2) is 18.1 Å². The van der Waals surface area contributed by atoms with E-state index in [2.05, 4.69) is 47.8 Å². The highest BCUT2D eigenvalue weighted by molar-refractivity contribution is 9.10. The van der Waals surface area contributed by atoms with Gasteiger partial charge < -0.3 is 10.2 Å². The molecule has 1 aliphatic heterocycles. The van der Waals surface area contributed by atoms with E-state index in [0.29, 0.717) is 9.80 Å². The van der Waals surface area contributed by atoms with Crippen molar-refractivity contribution in [1.82, 2.24) is 9.80 Å². The summed E-state index contributed by atoms with van der Waals surface area (Å²) in [6.07, 6.45) is -4.11. The number of rotatable bonds is 4. The largest absolute Gasteiger partial charge is 0.367 e. The standard InChI is InChI=1S/C16H23Br3N2O6/c1-14(2,17)9(23)7-8(22)10(24)21(12(26)16(5,6)19)13(27)20(7)11(25)15(3,4)18/h7,10,13,24,27H,1-6H3. The summed E-state index contributed by atoms with van der Waals surface area (Å²) in [6.45, 7) is 8.81. The van der Waals surface area contributed by atoms with Crippen molar-refractivity contribution in [2.75, 3.05) is 0 Å². The van der Waals surface area contributed by atoms with Gasteiger partial charge in [-0.1, -0.05) is 47.8 Å². The van der Waals surface area contributed by atoms with Crippen LogP contribution in [0.25, 0.3) is 0 Å². The lowest BCUT2D eigenvalue weighted by Gasteiger charge is -2.49. The maximum Gasteiger partial charge on any atom is 0.244 e. The molecule has 154 valence electrons. The molecule has 0 aromatic rings. The number of hydrogen-bond donors (Lipinski definition) is 2. The van der Waals surface area contributed by atoms with E-state index in [-0.39, 0.29) is 0 Å². The summed E-state index contributed by atoms with van der Waals surface area (Å²) in [5.74, 6) is -3.44. The maximum atomic E-state index is 12.9. The van der Waals surface area contributed by atoms with E-state index in [1.165, 1.54) is 41.5 Å². The number of hydrogen-bond acceptors (Lipinski definition) is 6. The van der Waals surface area contributed by atoms with Crippen LogP contribution in [-0.4, -0.2) is 75.0 Å². The van der Waals surface area contributed by atoms with E-state index in [4.69, 9.17) is 0 Å². The fraction of sp³-hybridized carbons (Fsp3) is 0.750. The van der Waals surface area contributed by atoms with Gasteiger partial charge >= 0.3 is 0 Å². The summed E-state index contributed by atoms with van der Waals surface area (Å²) in [6, 6.07) is -1.77. The van der Waals surface area contributed by atoms with E-state index >= 15 is 0 Å². The molecule has 2 N–H and O–H groups in total. The minimum absolute atomic E-state index is 0.485. The minimum atomic E-state index is -2.09. The minimum Gasteiger partial charge on any atom is -0.367 e. The van der Waals surface area contributed by atoms with Crippen LogP contribution in [0.4, 0.5) is 0 Å². The molecule has 1 aliphatic rings. The summed E-state index contributed by atoms with van der Waals surface area (Å²) >= 11 is 9.42. The van der Waals surface area contributed by atoms with Crippen molar-refractivity contribution in [3.05, 3.63) is 0 Å². The summed E-state index contributed by atoms with van der Waals surface area (Å²) in [7, 11) is 0. The Morgan fingerprint density at radius 2 is 1.19 bits per heavy atom. The van der Waals surface area contributed by atoms with E-state index in [0.717, 1.165) is 0 Å². The lowest BCUT2D eigenvalue weighted by atomic mass is 9.92. The Balaban J connectivity index is 3.60. The van der Waals surface area contributed by atoms with E-state index in [1.807, 2.05) is 0 Å². The zero-order valence-electron chi connectivity index (χ0n) is 15.8. The van der Waals surface area contributed by atoms with Crippen LogP contribution in [-0.2, 0) is 19.2 Å². The fourth-order valence-corrected chi connectivity index (χ4v) is 3.07. The van der Waals surface area contributed by atoms with Gasteiger partial charge in [-0.25, -0.2) is 0 Å². The van der Waals surface area contributed by atoms with E-state index in [1.54, 1.807) is 0 Å². The molecule has 1 saturated heterocycles. The molecule has 2 amide bonds. The second-order valence-electron chi connectivity index (χ2n) is 7.73. The van der Waals surface area contributed by atoms with Gasteiger partial charge in [0.1, 0.15) is 0 Å². The highest BCUT2D eigenvalue weighted by atomic mass is 79.9. The van der Waals surface area contributed by atoms with Crippen molar-refractivity contribution in [2.45, 2.75) is 73.1 Å². The molecule has 3 unspecified atom stereocenters. The number of nitrogens with zero attached hydrogens (tertiary/aromatic N) is 2. The molecule has 8 nitrogen and oxygen atoms in total. The molecular formula is C16H23Br3N2O6. The summed E-state index contributed by atoms with van der Waals surface area (Å²) in [5, 5.41) is 21.1. The molecule has 0 aromatic heterocycles. The maximum absolute atomic E-state index is 12.9. The van der Waals surface area contributed by atoms with Crippen LogP contribution < -0.4 is 0 Å². The van der Waals surface area contributed by atoms with Gasteiger partial charge in [-0.05, 0) is 41.5 Å². The molecule has 27 heavy (non-hydrogen) atoms. The Hall–Kier alpha value is -0.360. The summed E-state index contributed by atoms with van der Waals surface area (Å²) in [5.41, 5.74) is 0. The van der Waals surface area contributed by atoms with Crippen LogP contribution in [0.15, 0.2) is 0 Å². The Bertz CT molecular complexity index is 663.